The molecule has 4 N–H and O–H groups in total. The number of alkyl halides is 1. The summed E-state index contributed by atoms with van der Waals surface area (Å²) in [6.45, 7) is 10.5. The van der Waals surface area contributed by atoms with E-state index < -0.39 is 18.1 Å². The van der Waals surface area contributed by atoms with Gasteiger partial charge in [-0.1, -0.05) is 74.1 Å². The summed E-state index contributed by atoms with van der Waals surface area (Å²) in [6, 6.07) is 13.7. The number of hydrogen-bond acceptors (Lipinski definition) is 19. The summed E-state index contributed by atoms with van der Waals surface area (Å²) < 4.78 is 52.2. The van der Waals surface area contributed by atoms with Crippen LogP contribution >= 0.6 is 11.6 Å². The number of halogens is 1. The van der Waals surface area contributed by atoms with Crippen LogP contribution in [0.5, 0.6) is 0 Å². The topological polar surface area (TPSA) is 320 Å². The van der Waals surface area contributed by atoms with Gasteiger partial charge in [0.05, 0.1) is 59.5 Å². The first-order chi connectivity index (χ1) is 41.4. The Morgan fingerprint density at radius 2 is 1.11 bits per heavy atom. The lowest BCUT2D eigenvalue weighted by atomic mass is 10.0. The fraction of sp³-hybridized carbons (Fsp3) is 0.644. The molecule has 478 valence electrons. The number of azide groups is 1. The van der Waals surface area contributed by atoms with Gasteiger partial charge in [0.2, 0.25) is 5.91 Å². The molecule has 25 nitrogen and oxygen atoms in total. The second-order valence-corrected chi connectivity index (χ2v) is 19.0. The fourth-order valence-electron chi connectivity index (χ4n) is 7.23. The number of rotatable bonds is 51. The molecule has 85 heavy (non-hydrogen) atoms. The van der Waals surface area contributed by atoms with E-state index >= 15 is 0 Å². The van der Waals surface area contributed by atoms with Gasteiger partial charge in [0.25, 0.3) is 5.91 Å². The molecule has 0 unspecified atom stereocenters. The lowest BCUT2D eigenvalue weighted by molar-refractivity contribution is -0.146. The number of benzene rings is 2. The number of carbonyl (C=O) groups is 7. The van der Waals surface area contributed by atoms with E-state index in [0.717, 1.165) is 75.0 Å². The highest BCUT2D eigenvalue weighted by Gasteiger charge is 2.18. The van der Waals surface area contributed by atoms with Gasteiger partial charge < -0.3 is 62.9 Å². The SMILES string of the molecule is CCCC(=O)OC/C=C/COC(=O)NCCOCCOCCOC(=O)CCCOCCOCCCCCCCl.CCOCCOCCOC(=O)NCCN(Cc1ccc(N=[N+]=[N-])cc1)C(=O)c1ccc(CC(=O)CCCCCCC(=O)NO)cc1. The number of ether oxygens (including phenoxy) is 10. The summed E-state index contributed by atoms with van der Waals surface area (Å²) in [5.41, 5.74) is 12.7. The van der Waals surface area contributed by atoms with Crippen molar-refractivity contribution in [1.29, 1.82) is 0 Å². The van der Waals surface area contributed by atoms with Gasteiger partial charge in [0.15, 0.2) is 0 Å². The number of carbonyl (C=O) groups excluding carboxylic acids is 7. The van der Waals surface area contributed by atoms with Gasteiger partial charge in [-0.15, -0.1) is 11.6 Å². The van der Waals surface area contributed by atoms with E-state index in [4.69, 9.17) is 69.7 Å². The normalized spacial score (nSPS) is 10.7. The summed E-state index contributed by atoms with van der Waals surface area (Å²) in [6.07, 6.45) is 12.4. The summed E-state index contributed by atoms with van der Waals surface area (Å²) in [4.78, 5) is 87.9. The molecule has 0 fully saturated rings. The number of Topliss-reactive ketones (excluding diaryl/α,β-unsaturated/α-hetero) is 1. The van der Waals surface area contributed by atoms with Crippen LogP contribution < -0.4 is 16.1 Å². The van der Waals surface area contributed by atoms with Crippen molar-refractivity contribution < 1.29 is 86.1 Å². The number of nitrogens with one attached hydrogen (secondary N) is 3. The largest absolute Gasteiger partial charge is 0.463 e. The zero-order valence-electron chi connectivity index (χ0n) is 49.8. The third-order valence-electron chi connectivity index (χ3n) is 11.6. The van der Waals surface area contributed by atoms with E-state index in [0.29, 0.717) is 109 Å². The predicted molar refractivity (Wildman–Crippen MR) is 316 cm³/mol. The third-order valence-corrected chi connectivity index (χ3v) is 11.9. The Labute approximate surface area is 505 Å². The molecule has 4 amide bonds. The van der Waals surface area contributed by atoms with Crippen LogP contribution in [0.2, 0.25) is 0 Å². The molecule has 0 saturated carbocycles. The first-order valence-corrected chi connectivity index (χ1v) is 29.8. The minimum Gasteiger partial charge on any atom is -0.463 e. The summed E-state index contributed by atoms with van der Waals surface area (Å²) in [5.74, 6) is -0.393. The minimum atomic E-state index is -0.623. The Hall–Kier alpha value is -6.41. The molecule has 2 aromatic carbocycles. The Balaban J connectivity index is 0.000000863. The van der Waals surface area contributed by atoms with Crippen LogP contribution in [0.15, 0.2) is 65.8 Å². The van der Waals surface area contributed by atoms with Crippen LogP contribution in [-0.4, -0.2) is 183 Å². The van der Waals surface area contributed by atoms with Gasteiger partial charge in [-0.25, -0.2) is 15.1 Å². The lowest BCUT2D eigenvalue weighted by Crippen LogP contribution is -2.38. The standard InChI is InChI=1S/C32H44N6O8.C27H48ClNO10/c1-2-44-19-20-45-21-22-46-32(42)34-17-18-38(24-26-11-15-28(16-12-26)35-37-33)31(41)27-13-9-25(10-14-27)23-29(39)7-5-3-4-6-8-30(40)36-43;1-2-10-25(30)37-16-7-8-17-39-27(32)29-13-18-35-21-22-36-23-24-38-26(31)11-9-15-34-20-19-33-14-6-4-3-5-12-28/h9-16,43H,2-8,17-24H2,1H3,(H,34,42)(H,36,40);7-8H,2-6,9-24H2,1H3,(H,29,32)/b;8-7+. The van der Waals surface area contributed by atoms with Crippen molar-refractivity contribution in [1.82, 2.24) is 21.0 Å². The van der Waals surface area contributed by atoms with Crippen molar-refractivity contribution in [2.75, 3.05) is 131 Å². The highest BCUT2D eigenvalue weighted by atomic mass is 35.5. The van der Waals surface area contributed by atoms with E-state index in [9.17, 15) is 33.6 Å². The summed E-state index contributed by atoms with van der Waals surface area (Å²) in [7, 11) is 0. The van der Waals surface area contributed by atoms with Crippen molar-refractivity contribution in [3.05, 3.63) is 87.8 Å². The molecule has 0 aliphatic heterocycles. The molecule has 0 heterocycles. The number of ketones is 1. The van der Waals surface area contributed by atoms with Gasteiger partial charge in [-0.3, -0.25) is 29.2 Å². The molecule has 2 aromatic rings. The second-order valence-electron chi connectivity index (χ2n) is 18.6. The molecule has 0 radical (unpaired) electrons. The molecule has 2 rings (SSSR count). The number of alkyl carbamates (subject to hydrolysis) is 2. The Bertz CT molecular complexity index is 2170. The Morgan fingerprint density at radius 1 is 0.565 bits per heavy atom. The van der Waals surface area contributed by atoms with Gasteiger partial charge in [0, 0.05) is 100 Å². The van der Waals surface area contributed by atoms with Gasteiger partial charge in [0.1, 0.15) is 32.2 Å². The van der Waals surface area contributed by atoms with E-state index in [1.165, 1.54) is 0 Å². The van der Waals surface area contributed by atoms with Gasteiger partial charge in [-0.2, -0.15) is 0 Å². The second kappa shape index (κ2) is 55.5. The van der Waals surface area contributed by atoms with E-state index in [1.54, 1.807) is 71.1 Å². The van der Waals surface area contributed by atoms with Crippen molar-refractivity contribution in [2.24, 2.45) is 5.11 Å². The van der Waals surface area contributed by atoms with Gasteiger partial charge in [-0.05, 0) is 86.4 Å². The number of nitrogens with zero attached hydrogens (tertiary/aromatic N) is 4. The molecule has 0 atom stereocenters. The number of amides is 4. The number of hydroxylamine groups is 1. The lowest BCUT2D eigenvalue weighted by Gasteiger charge is -2.23. The quantitative estimate of drug-likeness (QED) is 0.00459. The van der Waals surface area contributed by atoms with Crippen LogP contribution in [0.1, 0.15) is 125 Å². The fourth-order valence-corrected chi connectivity index (χ4v) is 7.42. The molecule has 0 spiro atoms. The monoisotopic (exact) mass is 1220 g/mol. The molecule has 0 saturated heterocycles. The van der Waals surface area contributed by atoms with Crippen molar-refractivity contribution in [3.63, 3.8) is 0 Å². The van der Waals surface area contributed by atoms with E-state index in [1.807, 2.05) is 13.8 Å². The average molecular weight is 1220 g/mol. The maximum Gasteiger partial charge on any atom is 0.407 e. The number of esters is 2. The van der Waals surface area contributed by atoms with Crippen LogP contribution in [0.25, 0.3) is 10.4 Å². The Kier molecular flexibility index (Phi) is 50.0. The molecular weight excluding hydrogens is 1130 g/mol. The van der Waals surface area contributed by atoms with Crippen LogP contribution in [0.4, 0.5) is 15.3 Å². The molecular formula is C59H92ClN7O18. The zero-order chi connectivity index (χ0) is 62.1. The average Bonchev–Trinajstić information content (AvgIpc) is 3.71. The number of hydrogen-bond donors (Lipinski definition) is 4. The smallest absolute Gasteiger partial charge is 0.407 e. The molecule has 0 bridgehead atoms. The maximum absolute atomic E-state index is 13.5. The molecule has 26 heteroatoms. The van der Waals surface area contributed by atoms with Crippen LogP contribution in [0.3, 0.4) is 0 Å². The first-order valence-electron chi connectivity index (χ1n) is 29.2. The molecule has 0 aliphatic rings. The Morgan fingerprint density at radius 3 is 1.75 bits per heavy atom. The minimum absolute atomic E-state index is 0.0796. The van der Waals surface area contributed by atoms with E-state index in [2.05, 4.69) is 20.7 Å². The highest BCUT2D eigenvalue weighted by molar-refractivity contribution is 6.17. The number of unbranched alkanes of at least 4 members (excludes halogenated alkanes) is 6. The van der Waals surface area contributed by atoms with Crippen molar-refractivity contribution in [3.8, 4) is 0 Å². The van der Waals surface area contributed by atoms with Gasteiger partial charge >= 0.3 is 24.1 Å². The summed E-state index contributed by atoms with van der Waals surface area (Å²) in [5, 5.41) is 17.3. The van der Waals surface area contributed by atoms with E-state index in [-0.39, 0.29) is 95.7 Å². The maximum atomic E-state index is 13.5. The highest BCUT2D eigenvalue weighted by Crippen LogP contribution is 2.17. The van der Waals surface area contributed by atoms with Crippen molar-refractivity contribution in [2.45, 2.75) is 117 Å². The summed E-state index contributed by atoms with van der Waals surface area (Å²) >= 11 is 5.63. The first kappa shape index (κ1) is 76.6. The molecule has 0 aromatic heterocycles. The molecule has 0 aliphatic carbocycles. The van der Waals surface area contributed by atoms with Crippen LogP contribution in [0, 0.1) is 0 Å². The third kappa shape index (κ3) is 46.6. The van der Waals surface area contributed by atoms with Crippen LogP contribution in [-0.2, 0) is 79.5 Å². The predicted octanol–water partition coefficient (Wildman–Crippen LogP) is 8.81. The van der Waals surface area contributed by atoms with Crippen molar-refractivity contribution >= 4 is 59.0 Å². The zero-order valence-corrected chi connectivity index (χ0v) is 50.5.